The van der Waals surface area contributed by atoms with E-state index in [1.807, 2.05) is 13.8 Å². The Bertz CT molecular complexity index is 946. The Morgan fingerprint density at radius 1 is 1.10 bits per heavy atom. The summed E-state index contributed by atoms with van der Waals surface area (Å²) in [6.45, 7) is 8.05. The number of anilines is 1. The number of fused-ring (bicyclic) bond motifs is 1. The molecule has 4 nitrogen and oxygen atoms in total. The Morgan fingerprint density at radius 2 is 1.79 bits per heavy atom. The highest BCUT2D eigenvalue weighted by Crippen LogP contribution is 2.37. The fourth-order valence-electron chi connectivity index (χ4n) is 4.43. The summed E-state index contributed by atoms with van der Waals surface area (Å²) >= 11 is 0. The number of aromatic amines is 1. The molecule has 3 aromatic rings. The van der Waals surface area contributed by atoms with E-state index < -0.39 is 0 Å². The standard InChI is InChI=1S/C25H31N3O/c1-4-25(24(29)26-18(2)3)13-15-28(16-14-25)21-11-9-19(10-12-21)23-17-20-7-5-6-8-22(20)27-23/h5-12,17-18,27H,4,13-16H2,1-3H3,(H,26,29). The number of carbonyl (C=O) groups excluding carboxylic acids is 1. The molecule has 1 aliphatic heterocycles. The zero-order valence-corrected chi connectivity index (χ0v) is 17.7. The highest BCUT2D eigenvalue weighted by atomic mass is 16.2. The molecule has 4 heteroatoms. The highest BCUT2D eigenvalue weighted by Gasteiger charge is 2.39. The molecule has 0 aliphatic carbocycles. The van der Waals surface area contributed by atoms with Gasteiger partial charge in [0.1, 0.15) is 0 Å². The van der Waals surface area contributed by atoms with Crippen LogP contribution in [0.2, 0.25) is 0 Å². The van der Waals surface area contributed by atoms with Crippen LogP contribution in [0.5, 0.6) is 0 Å². The van der Waals surface area contributed by atoms with Crippen LogP contribution in [0.3, 0.4) is 0 Å². The zero-order valence-electron chi connectivity index (χ0n) is 17.7. The van der Waals surface area contributed by atoms with E-state index in [9.17, 15) is 4.79 Å². The minimum atomic E-state index is -0.217. The van der Waals surface area contributed by atoms with Gasteiger partial charge in [0.2, 0.25) is 5.91 Å². The predicted molar refractivity (Wildman–Crippen MR) is 121 cm³/mol. The van der Waals surface area contributed by atoms with Crippen LogP contribution in [0.15, 0.2) is 54.6 Å². The summed E-state index contributed by atoms with van der Waals surface area (Å²) in [5.74, 6) is 0.226. The minimum Gasteiger partial charge on any atom is -0.371 e. The van der Waals surface area contributed by atoms with Crippen LogP contribution in [-0.2, 0) is 4.79 Å². The molecule has 1 fully saturated rings. The Morgan fingerprint density at radius 3 is 2.41 bits per heavy atom. The molecule has 4 rings (SSSR count). The lowest BCUT2D eigenvalue weighted by Crippen LogP contribution is -2.50. The van der Waals surface area contributed by atoms with E-state index in [4.69, 9.17) is 0 Å². The first-order valence-electron chi connectivity index (χ1n) is 10.7. The average molecular weight is 390 g/mol. The van der Waals surface area contributed by atoms with E-state index in [0.29, 0.717) is 0 Å². The topological polar surface area (TPSA) is 48.1 Å². The summed E-state index contributed by atoms with van der Waals surface area (Å²) in [5.41, 5.74) is 4.52. The normalized spacial score (nSPS) is 16.3. The molecule has 0 unspecified atom stereocenters. The number of para-hydroxylation sites is 1. The average Bonchev–Trinajstić information content (AvgIpc) is 3.18. The molecule has 1 saturated heterocycles. The molecule has 0 bridgehead atoms. The summed E-state index contributed by atoms with van der Waals surface area (Å²) in [6, 6.07) is 19.5. The van der Waals surface area contributed by atoms with Gasteiger partial charge in [-0.1, -0.05) is 37.3 Å². The number of benzene rings is 2. The second-order valence-electron chi connectivity index (χ2n) is 8.57. The summed E-state index contributed by atoms with van der Waals surface area (Å²) in [5, 5.41) is 4.37. The molecule has 2 N–H and O–H groups in total. The number of hydrogen-bond donors (Lipinski definition) is 2. The summed E-state index contributed by atoms with van der Waals surface area (Å²) < 4.78 is 0. The number of nitrogens with one attached hydrogen (secondary N) is 2. The fraction of sp³-hybridized carbons (Fsp3) is 0.400. The van der Waals surface area contributed by atoms with Gasteiger partial charge in [-0.05, 0) is 62.9 Å². The molecule has 1 aromatic heterocycles. The smallest absolute Gasteiger partial charge is 0.226 e. The van der Waals surface area contributed by atoms with Gasteiger partial charge in [-0.2, -0.15) is 0 Å². The van der Waals surface area contributed by atoms with Gasteiger partial charge in [0.05, 0.1) is 5.41 Å². The molecule has 2 heterocycles. The first-order chi connectivity index (χ1) is 14.0. The largest absolute Gasteiger partial charge is 0.371 e. The lowest BCUT2D eigenvalue weighted by Gasteiger charge is -2.41. The van der Waals surface area contributed by atoms with Gasteiger partial charge in [0, 0.05) is 41.4 Å². The van der Waals surface area contributed by atoms with E-state index >= 15 is 0 Å². The van der Waals surface area contributed by atoms with E-state index in [1.54, 1.807) is 0 Å². The number of nitrogens with zero attached hydrogens (tertiary/aromatic N) is 1. The molecule has 0 spiro atoms. The molecule has 1 aliphatic rings. The Balaban J connectivity index is 1.45. The van der Waals surface area contributed by atoms with Crippen molar-refractivity contribution in [3.8, 4) is 11.3 Å². The Hall–Kier alpha value is -2.75. The van der Waals surface area contributed by atoms with Crippen molar-refractivity contribution in [1.82, 2.24) is 10.3 Å². The lowest BCUT2D eigenvalue weighted by atomic mass is 9.75. The summed E-state index contributed by atoms with van der Waals surface area (Å²) in [6.07, 6.45) is 2.72. The number of aromatic nitrogens is 1. The molecule has 1 amide bonds. The maximum atomic E-state index is 12.7. The van der Waals surface area contributed by atoms with Gasteiger partial charge < -0.3 is 15.2 Å². The molecule has 0 saturated carbocycles. The third-order valence-corrected chi connectivity index (χ3v) is 6.37. The third kappa shape index (κ3) is 3.89. The van der Waals surface area contributed by atoms with Crippen LogP contribution in [0.25, 0.3) is 22.2 Å². The minimum absolute atomic E-state index is 0.195. The molecule has 152 valence electrons. The van der Waals surface area contributed by atoms with Gasteiger partial charge in [-0.25, -0.2) is 0 Å². The molecule has 29 heavy (non-hydrogen) atoms. The van der Waals surface area contributed by atoms with E-state index in [0.717, 1.165) is 43.6 Å². The zero-order chi connectivity index (χ0) is 20.4. The van der Waals surface area contributed by atoms with Crippen molar-refractivity contribution in [1.29, 1.82) is 0 Å². The van der Waals surface area contributed by atoms with Crippen molar-refractivity contribution >= 4 is 22.5 Å². The van der Waals surface area contributed by atoms with Crippen molar-refractivity contribution in [2.45, 2.75) is 46.1 Å². The lowest BCUT2D eigenvalue weighted by molar-refractivity contribution is -0.133. The van der Waals surface area contributed by atoms with Crippen LogP contribution in [-0.4, -0.2) is 30.0 Å². The number of hydrogen-bond acceptors (Lipinski definition) is 2. The number of rotatable bonds is 5. The maximum Gasteiger partial charge on any atom is 0.226 e. The van der Waals surface area contributed by atoms with Crippen molar-refractivity contribution < 1.29 is 4.79 Å². The number of piperidine rings is 1. The van der Waals surface area contributed by atoms with Gasteiger partial charge in [0.15, 0.2) is 0 Å². The van der Waals surface area contributed by atoms with Gasteiger partial charge in [0.25, 0.3) is 0 Å². The van der Waals surface area contributed by atoms with E-state index in [1.165, 1.54) is 16.6 Å². The van der Waals surface area contributed by atoms with E-state index in [2.05, 4.69) is 76.7 Å². The van der Waals surface area contributed by atoms with Crippen molar-refractivity contribution in [3.05, 3.63) is 54.6 Å². The SMILES string of the molecule is CCC1(C(=O)NC(C)C)CCN(c2ccc(-c3cc4ccccc4[nH]3)cc2)CC1. The Labute approximate surface area is 173 Å². The quantitative estimate of drug-likeness (QED) is 0.617. The highest BCUT2D eigenvalue weighted by molar-refractivity contribution is 5.86. The van der Waals surface area contributed by atoms with Crippen molar-refractivity contribution in [2.75, 3.05) is 18.0 Å². The van der Waals surface area contributed by atoms with Gasteiger partial charge >= 0.3 is 0 Å². The summed E-state index contributed by atoms with van der Waals surface area (Å²) in [4.78, 5) is 18.7. The third-order valence-electron chi connectivity index (χ3n) is 6.37. The first-order valence-corrected chi connectivity index (χ1v) is 10.7. The Kier molecular flexibility index (Phi) is 5.35. The summed E-state index contributed by atoms with van der Waals surface area (Å²) in [7, 11) is 0. The first kappa shape index (κ1) is 19.6. The number of amides is 1. The van der Waals surface area contributed by atoms with Gasteiger partial charge in [-0.15, -0.1) is 0 Å². The van der Waals surface area contributed by atoms with Crippen molar-refractivity contribution in [2.24, 2.45) is 5.41 Å². The molecular weight excluding hydrogens is 358 g/mol. The fourth-order valence-corrected chi connectivity index (χ4v) is 4.43. The van der Waals surface area contributed by atoms with Crippen LogP contribution in [0.4, 0.5) is 5.69 Å². The predicted octanol–water partition coefficient (Wildman–Crippen LogP) is 5.36. The second-order valence-corrected chi connectivity index (χ2v) is 8.57. The molecule has 2 aromatic carbocycles. The van der Waals surface area contributed by atoms with Crippen LogP contribution >= 0.6 is 0 Å². The molecule has 0 atom stereocenters. The second kappa shape index (κ2) is 7.94. The van der Waals surface area contributed by atoms with Crippen LogP contribution in [0, 0.1) is 5.41 Å². The maximum absolute atomic E-state index is 12.7. The monoisotopic (exact) mass is 389 g/mol. The van der Waals surface area contributed by atoms with Crippen LogP contribution in [0.1, 0.15) is 40.0 Å². The molecule has 0 radical (unpaired) electrons. The van der Waals surface area contributed by atoms with Crippen LogP contribution < -0.4 is 10.2 Å². The van der Waals surface area contributed by atoms with Crippen molar-refractivity contribution in [3.63, 3.8) is 0 Å². The van der Waals surface area contributed by atoms with Gasteiger partial charge in [-0.3, -0.25) is 4.79 Å². The molecular formula is C25H31N3O. The number of carbonyl (C=O) groups is 1. The number of H-pyrrole nitrogens is 1. The van der Waals surface area contributed by atoms with E-state index in [-0.39, 0.29) is 17.4 Å².